The molecule has 0 bridgehead atoms. The topological polar surface area (TPSA) is 29.5 Å². The predicted molar refractivity (Wildman–Crippen MR) is 191 cm³/mol. The van der Waals surface area contributed by atoms with Gasteiger partial charge in [-0.3, -0.25) is 0 Å². The van der Waals surface area contributed by atoms with E-state index in [1.807, 2.05) is 24.3 Å². The first-order valence-electron chi connectivity index (χ1n) is 15.9. The maximum Gasteiger partial charge on any atom is 0.160 e. The molecule has 1 aliphatic rings. The molecule has 0 N–H and O–H groups in total. The van der Waals surface area contributed by atoms with Crippen molar-refractivity contribution in [3.05, 3.63) is 169 Å². The lowest BCUT2D eigenvalue weighted by atomic mass is 9.83. The number of furan rings is 2. The Morgan fingerprint density at radius 3 is 2.02 bits per heavy atom. The van der Waals surface area contributed by atoms with Crippen LogP contribution < -0.4 is 4.90 Å². The quantitative estimate of drug-likeness (QED) is 0.199. The van der Waals surface area contributed by atoms with Crippen molar-refractivity contribution in [2.75, 3.05) is 4.90 Å². The fraction of sp³-hybridized carbons (Fsp3) is 0.0698. The van der Waals surface area contributed by atoms with Gasteiger partial charge in [-0.25, -0.2) is 0 Å². The number of nitrogens with zero attached hydrogens (tertiary/aromatic N) is 1. The second kappa shape index (κ2) is 10.7. The molecule has 0 aliphatic heterocycles. The molecule has 3 nitrogen and oxygen atoms in total. The molecule has 9 rings (SSSR count). The highest BCUT2D eigenvalue weighted by Crippen LogP contribution is 2.50. The minimum absolute atomic E-state index is 0.264. The number of allylic oxidation sites excluding steroid dienone is 3. The van der Waals surface area contributed by atoms with E-state index in [4.69, 9.17) is 8.83 Å². The van der Waals surface area contributed by atoms with Gasteiger partial charge in [-0.15, -0.1) is 0 Å². The Balaban J connectivity index is 1.39. The average molecular weight is 594 g/mol. The van der Waals surface area contributed by atoms with E-state index in [-0.39, 0.29) is 11.8 Å². The van der Waals surface area contributed by atoms with Gasteiger partial charge in [0, 0.05) is 33.3 Å². The molecule has 2 aromatic heterocycles. The molecule has 8 aromatic rings. The highest BCUT2D eigenvalue weighted by Gasteiger charge is 2.30. The molecule has 1 aliphatic carbocycles. The van der Waals surface area contributed by atoms with Crippen LogP contribution in [0.2, 0.25) is 0 Å². The van der Waals surface area contributed by atoms with Gasteiger partial charge in [-0.2, -0.15) is 0 Å². The molecule has 0 saturated heterocycles. The van der Waals surface area contributed by atoms with E-state index in [9.17, 15) is 0 Å². The summed E-state index contributed by atoms with van der Waals surface area (Å²) in [5.74, 6) is 0.549. The van der Waals surface area contributed by atoms with Crippen LogP contribution in [0.15, 0.2) is 172 Å². The van der Waals surface area contributed by atoms with Crippen LogP contribution in [0.3, 0.4) is 0 Å². The van der Waals surface area contributed by atoms with Crippen molar-refractivity contribution in [2.24, 2.45) is 5.92 Å². The van der Waals surface area contributed by atoms with Crippen LogP contribution in [0.25, 0.3) is 55.0 Å². The summed E-state index contributed by atoms with van der Waals surface area (Å²) in [6.45, 7) is 2.31. The van der Waals surface area contributed by atoms with Crippen LogP contribution in [-0.4, -0.2) is 0 Å². The van der Waals surface area contributed by atoms with Crippen molar-refractivity contribution in [3.63, 3.8) is 0 Å². The summed E-state index contributed by atoms with van der Waals surface area (Å²) in [5.41, 5.74) is 10.2. The van der Waals surface area contributed by atoms with E-state index in [2.05, 4.69) is 145 Å². The Bertz CT molecular complexity index is 2440. The van der Waals surface area contributed by atoms with Gasteiger partial charge >= 0.3 is 0 Å². The van der Waals surface area contributed by atoms with Crippen LogP contribution in [0.5, 0.6) is 0 Å². The highest BCUT2D eigenvalue weighted by atomic mass is 16.3. The van der Waals surface area contributed by atoms with Gasteiger partial charge in [0.25, 0.3) is 0 Å². The molecule has 0 fully saturated rings. The first-order valence-corrected chi connectivity index (χ1v) is 15.9. The van der Waals surface area contributed by atoms with Crippen molar-refractivity contribution in [1.29, 1.82) is 0 Å². The summed E-state index contributed by atoms with van der Waals surface area (Å²) in [4.78, 5) is 2.41. The fourth-order valence-corrected chi connectivity index (χ4v) is 7.22. The largest absolute Gasteiger partial charge is 0.456 e. The molecule has 0 radical (unpaired) electrons. The van der Waals surface area contributed by atoms with Crippen molar-refractivity contribution >= 4 is 55.3 Å². The number of hydrogen-bond acceptors (Lipinski definition) is 3. The summed E-state index contributed by atoms with van der Waals surface area (Å²) in [6, 6.07) is 48.9. The van der Waals surface area contributed by atoms with Crippen molar-refractivity contribution in [2.45, 2.75) is 12.8 Å². The third kappa shape index (κ3) is 4.20. The highest BCUT2D eigenvalue weighted by molar-refractivity contribution is 6.24. The molecule has 220 valence electrons. The Kier molecular flexibility index (Phi) is 6.17. The number of rotatable bonds is 5. The maximum absolute atomic E-state index is 6.83. The number of anilines is 2. The molecule has 0 amide bonds. The standard InChI is InChI=1S/C43H31NO2/c1-28-26-31(24-25-32(28)29-14-4-2-5-15-29)44(37-21-11-8-18-33(37)30-16-6-3-7-17-30)42-41-35-20-10-13-23-39(35)45-40(41)27-36-34-19-9-12-22-38(34)46-43(36)42/h2-28,32H,1H3. The van der Waals surface area contributed by atoms with Crippen molar-refractivity contribution in [3.8, 4) is 11.1 Å². The van der Waals surface area contributed by atoms with Crippen LogP contribution in [0.4, 0.5) is 11.4 Å². The van der Waals surface area contributed by atoms with Crippen LogP contribution >= 0.6 is 0 Å². The Labute approximate surface area is 267 Å². The molecular weight excluding hydrogens is 562 g/mol. The van der Waals surface area contributed by atoms with Gasteiger partial charge in [0.2, 0.25) is 0 Å². The normalized spacial score (nSPS) is 16.4. The molecule has 0 spiro atoms. The van der Waals surface area contributed by atoms with E-state index in [0.717, 1.165) is 72.1 Å². The zero-order valence-corrected chi connectivity index (χ0v) is 25.4. The number of benzene rings is 6. The van der Waals surface area contributed by atoms with Gasteiger partial charge in [-0.1, -0.05) is 134 Å². The molecule has 2 atom stereocenters. The molecule has 2 unspecified atom stereocenters. The number of hydrogen-bond donors (Lipinski definition) is 0. The number of fused-ring (bicyclic) bond motifs is 6. The second-order valence-electron chi connectivity index (χ2n) is 12.1. The summed E-state index contributed by atoms with van der Waals surface area (Å²) in [7, 11) is 0. The molecule has 0 saturated carbocycles. The minimum Gasteiger partial charge on any atom is -0.456 e. The monoisotopic (exact) mass is 593 g/mol. The number of para-hydroxylation sites is 3. The lowest BCUT2D eigenvalue weighted by Gasteiger charge is -2.33. The van der Waals surface area contributed by atoms with Gasteiger partial charge in [-0.05, 0) is 47.4 Å². The molecule has 2 heterocycles. The van der Waals surface area contributed by atoms with E-state index < -0.39 is 0 Å². The third-order valence-electron chi connectivity index (χ3n) is 9.35. The van der Waals surface area contributed by atoms with E-state index in [1.165, 1.54) is 5.56 Å². The Morgan fingerprint density at radius 1 is 0.587 bits per heavy atom. The third-order valence-corrected chi connectivity index (χ3v) is 9.35. The summed E-state index contributed by atoms with van der Waals surface area (Å²) in [5, 5.41) is 4.21. The Hall–Kier alpha value is -5.80. The lowest BCUT2D eigenvalue weighted by Crippen LogP contribution is -2.21. The van der Waals surface area contributed by atoms with Crippen LogP contribution in [-0.2, 0) is 0 Å². The van der Waals surface area contributed by atoms with Crippen LogP contribution in [0.1, 0.15) is 18.4 Å². The molecule has 3 heteroatoms. The van der Waals surface area contributed by atoms with Crippen molar-refractivity contribution in [1.82, 2.24) is 0 Å². The minimum atomic E-state index is 0.264. The Morgan fingerprint density at radius 2 is 1.24 bits per heavy atom. The second-order valence-corrected chi connectivity index (χ2v) is 12.1. The van der Waals surface area contributed by atoms with Gasteiger partial charge in [0.1, 0.15) is 22.4 Å². The van der Waals surface area contributed by atoms with Gasteiger partial charge < -0.3 is 13.7 Å². The van der Waals surface area contributed by atoms with E-state index >= 15 is 0 Å². The fourth-order valence-electron chi connectivity index (χ4n) is 7.22. The smallest absolute Gasteiger partial charge is 0.160 e. The maximum atomic E-state index is 6.83. The lowest BCUT2D eigenvalue weighted by molar-refractivity contribution is 0.628. The molecule has 6 aromatic carbocycles. The summed E-state index contributed by atoms with van der Waals surface area (Å²) >= 11 is 0. The summed E-state index contributed by atoms with van der Waals surface area (Å²) in [6.07, 6.45) is 7.06. The van der Waals surface area contributed by atoms with Gasteiger partial charge in [0.15, 0.2) is 5.58 Å². The van der Waals surface area contributed by atoms with Crippen molar-refractivity contribution < 1.29 is 8.83 Å². The SMILES string of the molecule is CC1C=C(N(c2ccccc2-c2ccccc2)c2c3oc4ccccc4c3cc3oc4ccccc4c23)C=CC1c1ccccc1. The van der Waals surface area contributed by atoms with Gasteiger partial charge in [0.05, 0.1) is 11.1 Å². The zero-order valence-electron chi connectivity index (χ0n) is 25.4. The first kappa shape index (κ1) is 26.6. The zero-order chi connectivity index (χ0) is 30.6. The molecular formula is C43H31NO2. The first-order chi connectivity index (χ1) is 22.7. The van der Waals surface area contributed by atoms with E-state index in [1.54, 1.807) is 0 Å². The molecule has 46 heavy (non-hydrogen) atoms. The van der Waals surface area contributed by atoms with E-state index in [0.29, 0.717) is 0 Å². The predicted octanol–water partition coefficient (Wildman–Crippen LogP) is 12.2. The average Bonchev–Trinajstić information content (AvgIpc) is 3.67. The summed E-state index contributed by atoms with van der Waals surface area (Å²) < 4.78 is 13.4. The van der Waals surface area contributed by atoms with Crippen LogP contribution in [0, 0.1) is 5.92 Å².